The number of rotatable bonds is 6. The molecule has 9 rings (SSSR count). The average molecular weight is 760 g/mol. The van der Waals surface area contributed by atoms with Crippen LogP contribution in [0.1, 0.15) is 72.0 Å². The summed E-state index contributed by atoms with van der Waals surface area (Å²) in [5.74, 6) is -1.89. The molecular formula is C43H39F2N5O4S. The van der Waals surface area contributed by atoms with Crippen molar-refractivity contribution >= 4 is 51.9 Å². The predicted molar refractivity (Wildman–Crippen MR) is 210 cm³/mol. The predicted octanol–water partition coefficient (Wildman–Crippen LogP) is 8.21. The van der Waals surface area contributed by atoms with Crippen molar-refractivity contribution in [2.75, 3.05) is 53.3 Å². The molecule has 55 heavy (non-hydrogen) atoms. The van der Waals surface area contributed by atoms with Crippen LogP contribution < -0.4 is 20.4 Å². The maximum Gasteiger partial charge on any atom is 0.265 e. The zero-order chi connectivity index (χ0) is 37.8. The minimum atomic E-state index is -0.752. The van der Waals surface area contributed by atoms with Gasteiger partial charge < -0.3 is 25.2 Å². The Labute approximate surface area is 321 Å². The second kappa shape index (κ2) is 14.0. The summed E-state index contributed by atoms with van der Waals surface area (Å²) in [6.07, 6.45) is 5.17. The van der Waals surface area contributed by atoms with Crippen LogP contribution in [0, 0.1) is 24.0 Å². The van der Waals surface area contributed by atoms with Crippen LogP contribution in [0.2, 0.25) is 0 Å². The molecular weight excluding hydrogens is 721 g/mol. The van der Waals surface area contributed by atoms with Gasteiger partial charge in [-0.3, -0.25) is 14.4 Å². The van der Waals surface area contributed by atoms with Gasteiger partial charge in [0.25, 0.3) is 17.7 Å². The molecule has 0 radical (unpaired) electrons. The molecule has 0 atom stereocenters. The quantitative estimate of drug-likeness (QED) is 0.181. The summed E-state index contributed by atoms with van der Waals surface area (Å²) in [4.78, 5) is 51.1. The number of carbonyl (C=O) groups is 3. The van der Waals surface area contributed by atoms with E-state index in [0.29, 0.717) is 33.9 Å². The van der Waals surface area contributed by atoms with Crippen LogP contribution in [0.3, 0.4) is 0 Å². The number of anilines is 4. The average Bonchev–Trinajstić information content (AvgIpc) is 3.79. The van der Waals surface area contributed by atoms with Gasteiger partial charge in [0.05, 0.1) is 27.4 Å². The largest absolute Gasteiger partial charge is 0.381 e. The van der Waals surface area contributed by atoms with Gasteiger partial charge in [0.15, 0.2) is 0 Å². The molecule has 12 heteroatoms. The van der Waals surface area contributed by atoms with E-state index in [1.807, 2.05) is 24.3 Å². The summed E-state index contributed by atoms with van der Waals surface area (Å²) >= 11 is 1.27. The van der Waals surface area contributed by atoms with Gasteiger partial charge in [-0.05, 0) is 105 Å². The lowest BCUT2D eigenvalue weighted by atomic mass is 9.73. The number of pyridine rings is 1. The van der Waals surface area contributed by atoms with Crippen molar-refractivity contribution in [1.29, 1.82) is 0 Å². The molecule has 2 N–H and O–H groups in total. The molecule has 4 aliphatic rings. The van der Waals surface area contributed by atoms with Crippen molar-refractivity contribution in [2.45, 2.75) is 45.4 Å². The summed E-state index contributed by atoms with van der Waals surface area (Å²) < 4.78 is 36.0. The van der Waals surface area contributed by atoms with E-state index in [2.05, 4.69) is 15.5 Å². The molecule has 3 aromatic carbocycles. The molecule has 1 aliphatic carbocycles. The number of halogens is 2. The van der Waals surface area contributed by atoms with E-state index < -0.39 is 23.4 Å². The van der Waals surface area contributed by atoms with E-state index in [4.69, 9.17) is 9.72 Å². The second-order valence-electron chi connectivity index (χ2n) is 15.0. The molecule has 3 amide bonds. The van der Waals surface area contributed by atoms with Crippen LogP contribution in [0.4, 0.5) is 31.7 Å². The Hall–Kier alpha value is -5.46. The first-order valence-electron chi connectivity index (χ1n) is 18.7. The first kappa shape index (κ1) is 35.3. The van der Waals surface area contributed by atoms with Crippen LogP contribution >= 0.6 is 11.3 Å². The summed E-state index contributed by atoms with van der Waals surface area (Å²) in [5, 5.41) is 5.59. The number of benzene rings is 3. The fourth-order valence-electron chi connectivity index (χ4n) is 8.40. The lowest BCUT2D eigenvalue weighted by molar-refractivity contribution is -0.000521. The van der Waals surface area contributed by atoms with E-state index in [1.165, 1.54) is 29.5 Å². The minimum absolute atomic E-state index is 0.124. The Kier molecular flexibility index (Phi) is 8.97. The lowest BCUT2D eigenvalue weighted by Crippen LogP contribution is -2.59. The number of fused-ring (bicyclic) bond motifs is 4. The van der Waals surface area contributed by atoms with Crippen molar-refractivity contribution in [1.82, 2.24) is 4.98 Å². The molecule has 1 spiro atoms. The van der Waals surface area contributed by atoms with Crippen LogP contribution in [0.5, 0.6) is 0 Å². The fourth-order valence-corrected chi connectivity index (χ4v) is 9.54. The Morgan fingerprint density at radius 3 is 2.45 bits per heavy atom. The lowest BCUT2D eigenvalue weighted by Gasteiger charge is -2.53. The van der Waals surface area contributed by atoms with E-state index in [0.717, 1.165) is 85.7 Å². The Morgan fingerprint density at radius 1 is 0.836 bits per heavy atom. The minimum Gasteiger partial charge on any atom is -0.381 e. The van der Waals surface area contributed by atoms with Crippen molar-refractivity contribution in [2.24, 2.45) is 5.41 Å². The number of amides is 3. The molecule has 2 aromatic heterocycles. The highest BCUT2D eigenvalue weighted by Gasteiger charge is 2.45. The SMILES string of the molecule is Cc1cccc(F)c1NC(=O)c1cc2c(s1)-c1ccccc1N(C(=O)c1ccc(NC(=O)c3cc4c(nc3N3CC5(CCOCC5)C3)CCC4)cc1F)CC2. The molecule has 0 bridgehead atoms. The summed E-state index contributed by atoms with van der Waals surface area (Å²) in [6.45, 7) is 5.13. The van der Waals surface area contributed by atoms with Crippen LogP contribution in [-0.2, 0) is 24.0 Å². The molecule has 5 heterocycles. The number of hydrogen-bond donors (Lipinski definition) is 2. The van der Waals surface area contributed by atoms with Gasteiger partial charge in [0.2, 0.25) is 0 Å². The number of aromatic nitrogens is 1. The van der Waals surface area contributed by atoms with Crippen LogP contribution in [0.15, 0.2) is 72.8 Å². The third-order valence-corrected chi connectivity index (χ3v) is 12.6. The number of para-hydroxylation sites is 2. The summed E-state index contributed by atoms with van der Waals surface area (Å²) in [6, 6.07) is 19.8. The molecule has 0 saturated carbocycles. The smallest absolute Gasteiger partial charge is 0.265 e. The van der Waals surface area contributed by atoms with Crippen molar-refractivity contribution in [3.63, 3.8) is 0 Å². The van der Waals surface area contributed by atoms with Gasteiger partial charge >= 0.3 is 0 Å². The third kappa shape index (κ3) is 6.46. The van der Waals surface area contributed by atoms with Crippen molar-refractivity contribution in [3.05, 3.63) is 123 Å². The number of carbonyl (C=O) groups excluding carboxylic acids is 3. The van der Waals surface area contributed by atoms with Gasteiger partial charge in [-0.15, -0.1) is 11.3 Å². The van der Waals surface area contributed by atoms with Crippen LogP contribution in [-0.4, -0.2) is 55.6 Å². The highest BCUT2D eigenvalue weighted by molar-refractivity contribution is 7.17. The Morgan fingerprint density at radius 2 is 1.65 bits per heavy atom. The number of hydrogen-bond acceptors (Lipinski definition) is 7. The fraction of sp³-hybridized carbons (Fsp3) is 0.302. The first-order chi connectivity index (χ1) is 26.7. The molecule has 2 fully saturated rings. The number of ether oxygens (including phenoxy) is 1. The molecule has 0 unspecified atom stereocenters. The number of aryl methyl sites for hydroxylation is 3. The maximum atomic E-state index is 15.9. The standard InChI is InChI=1S/C43H39F2N5O4S/c1-25-6-4-9-32(44)37(25)48-41(52)36-21-27-14-17-50(35-11-3-2-8-30(35)38(27)55-36)42(53)29-13-12-28(22-33(29)45)46-40(51)31-20-26-7-5-10-34(26)47-39(31)49-23-43(24-49)15-18-54-19-16-43/h2-4,6,8-9,11-13,20-22H,5,7,10,14-19,23-24H2,1H3,(H,46,51)(H,48,52). The van der Waals surface area contributed by atoms with E-state index in [1.54, 1.807) is 42.2 Å². The highest BCUT2D eigenvalue weighted by atomic mass is 32.1. The normalized spacial score (nSPS) is 16.8. The Bertz CT molecular complexity index is 2360. The molecule has 3 aliphatic heterocycles. The summed E-state index contributed by atoms with van der Waals surface area (Å²) in [5.41, 5.74) is 5.85. The maximum absolute atomic E-state index is 15.9. The van der Waals surface area contributed by atoms with E-state index in [9.17, 15) is 18.8 Å². The Balaban J connectivity index is 0.936. The molecule has 5 aromatic rings. The van der Waals surface area contributed by atoms with Crippen molar-refractivity contribution < 1.29 is 27.9 Å². The monoisotopic (exact) mass is 759 g/mol. The molecule has 9 nitrogen and oxygen atoms in total. The number of nitrogens with one attached hydrogen (secondary N) is 2. The highest BCUT2D eigenvalue weighted by Crippen LogP contribution is 2.44. The van der Waals surface area contributed by atoms with Gasteiger partial charge in [-0.2, -0.15) is 0 Å². The number of thiophene rings is 1. The first-order valence-corrected chi connectivity index (χ1v) is 19.5. The van der Waals surface area contributed by atoms with E-state index >= 15 is 4.39 Å². The molecule has 2 saturated heterocycles. The van der Waals surface area contributed by atoms with Gasteiger partial charge in [-0.1, -0.05) is 30.3 Å². The van der Waals surface area contributed by atoms with Gasteiger partial charge in [-0.25, -0.2) is 13.8 Å². The second-order valence-corrected chi connectivity index (χ2v) is 16.1. The van der Waals surface area contributed by atoms with Crippen LogP contribution in [0.25, 0.3) is 10.4 Å². The zero-order valence-electron chi connectivity index (χ0n) is 30.3. The third-order valence-electron chi connectivity index (χ3n) is 11.4. The van der Waals surface area contributed by atoms with Gasteiger partial charge in [0, 0.05) is 60.1 Å². The van der Waals surface area contributed by atoms with E-state index in [-0.39, 0.29) is 34.8 Å². The zero-order valence-corrected chi connectivity index (χ0v) is 31.2. The topological polar surface area (TPSA) is 104 Å². The van der Waals surface area contributed by atoms with Gasteiger partial charge in [0.1, 0.15) is 17.5 Å². The molecule has 280 valence electrons. The van der Waals surface area contributed by atoms with Crippen molar-refractivity contribution in [3.8, 4) is 10.4 Å². The number of nitrogens with zero attached hydrogens (tertiary/aromatic N) is 3. The summed E-state index contributed by atoms with van der Waals surface area (Å²) in [7, 11) is 0.